The first-order chi connectivity index (χ1) is 9.60. The second-order valence-electron chi connectivity index (χ2n) is 6.19. The molecule has 0 aliphatic heterocycles. The van der Waals surface area contributed by atoms with Gasteiger partial charge in [-0.3, -0.25) is 4.90 Å². The first-order valence-electron chi connectivity index (χ1n) is 7.73. The number of ether oxygens (including phenoxy) is 1. The molecule has 2 rings (SSSR count). The minimum atomic E-state index is 0.432. The molecule has 1 aliphatic carbocycles. The molecule has 112 valence electrons. The van der Waals surface area contributed by atoms with Crippen molar-refractivity contribution in [3.05, 3.63) is 29.8 Å². The highest BCUT2D eigenvalue weighted by Crippen LogP contribution is 2.27. The van der Waals surface area contributed by atoms with E-state index in [-0.39, 0.29) is 0 Å². The number of nitrogens with two attached hydrogens (primary N) is 1. The second-order valence-corrected chi connectivity index (χ2v) is 6.19. The Balaban J connectivity index is 2.04. The lowest BCUT2D eigenvalue weighted by Crippen LogP contribution is -2.43. The zero-order chi connectivity index (χ0) is 14.5. The average molecular weight is 276 g/mol. The fourth-order valence-corrected chi connectivity index (χ4v) is 3.20. The van der Waals surface area contributed by atoms with E-state index in [0.717, 1.165) is 18.7 Å². The van der Waals surface area contributed by atoms with Gasteiger partial charge < -0.3 is 10.5 Å². The first-order valence-corrected chi connectivity index (χ1v) is 7.73. The summed E-state index contributed by atoms with van der Waals surface area (Å²) in [4.78, 5) is 2.61. The quantitative estimate of drug-likeness (QED) is 0.837. The molecule has 1 saturated carbocycles. The molecule has 0 bridgehead atoms. The summed E-state index contributed by atoms with van der Waals surface area (Å²) in [7, 11) is 1.84. The van der Waals surface area contributed by atoms with Crippen LogP contribution in [0.1, 0.15) is 45.1 Å². The minimum Gasteiger partial charge on any atom is -0.399 e. The van der Waals surface area contributed by atoms with Crippen LogP contribution in [0.3, 0.4) is 0 Å². The van der Waals surface area contributed by atoms with Gasteiger partial charge in [0, 0.05) is 31.4 Å². The molecule has 3 heteroatoms. The smallest absolute Gasteiger partial charge is 0.0586 e. The third-order valence-electron chi connectivity index (χ3n) is 4.41. The van der Waals surface area contributed by atoms with Crippen LogP contribution in [0.15, 0.2) is 24.3 Å². The van der Waals surface area contributed by atoms with Gasteiger partial charge in [-0.05, 0) is 57.2 Å². The van der Waals surface area contributed by atoms with Gasteiger partial charge in [0.15, 0.2) is 0 Å². The number of nitrogens with zero attached hydrogens (tertiary/aromatic N) is 1. The van der Waals surface area contributed by atoms with Gasteiger partial charge in [-0.15, -0.1) is 0 Å². The van der Waals surface area contributed by atoms with Crippen LogP contribution in [0.2, 0.25) is 0 Å². The van der Waals surface area contributed by atoms with Crippen LogP contribution >= 0.6 is 0 Å². The number of hydrogen-bond acceptors (Lipinski definition) is 3. The van der Waals surface area contributed by atoms with Crippen LogP contribution in [0.5, 0.6) is 0 Å². The Labute approximate surface area is 123 Å². The van der Waals surface area contributed by atoms with E-state index in [1.54, 1.807) is 0 Å². The number of hydrogen-bond donors (Lipinski definition) is 1. The van der Waals surface area contributed by atoms with Gasteiger partial charge in [0.05, 0.1) is 6.10 Å². The summed E-state index contributed by atoms with van der Waals surface area (Å²) < 4.78 is 5.57. The van der Waals surface area contributed by atoms with E-state index in [2.05, 4.69) is 30.9 Å². The summed E-state index contributed by atoms with van der Waals surface area (Å²) >= 11 is 0. The summed E-state index contributed by atoms with van der Waals surface area (Å²) in [5, 5.41) is 0. The van der Waals surface area contributed by atoms with Crippen molar-refractivity contribution in [3.63, 3.8) is 0 Å². The second kappa shape index (κ2) is 7.09. The molecule has 0 aromatic heterocycles. The number of nitrogen functional groups attached to an aromatic ring is 1. The summed E-state index contributed by atoms with van der Waals surface area (Å²) in [6.45, 7) is 5.57. The SMILES string of the molecule is COC1CCCC(N(Cc2ccc(N)cc2)C(C)C)C1. The fraction of sp³-hybridized carbons (Fsp3) is 0.647. The van der Waals surface area contributed by atoms with Gasteiger partial charge in [-0.1, -0.05) is 12.1 Å². The number of rotatable bonds is 5. The summed E-state index contributed by atoms with van der Waals surface area (Å²) in [5.41, 5.74) is 7.94. The van der Waals surface area contributed by atoms with Crippen molar-refractivity contribution in [1.29, 1.82) is 0 Å². The number of benzene rings is 1. The van der Waals surface area contributed by atoms with Crippen LogP contribution in [-0.2, 0) is 11.3 Å². The van der Waals surface area contributed by atoms with Crippen LogP contribution in [-0.4, -0.2) is 30.2 Å². The third-order valence-corrected chi connectivity index (χ3v) is 4.41. The Morgan fingerprint density at radius 2 is 1.95 bits per heavy atom. The highest BCUT2D eigenvalue weighted by Gasteiger charge is 2.28. The molecule has 20 heavy (non-hydrogen) atoms. The lowest BCUT2D eigenvalue weighted by Gasteiger charge is -2.39. The largest absolute Gasteiger partial charge is 0.399 e. The van der Waals surface area contributed by atoms with Crippen LogP contribution < -0.4 is 5.73 Å². The van der Waals surface area contributed by atoms with Crippen LogP contribution in [0, 0.1) is 0 Å². The molecule has 0 spiro atoms. The van der Waals surface area contributed by atoms with E-state index >= 15 is 0 Å². The average Bonchev–Trinajstić information content (AvgIpc) is 2.46. The zero-order valence-corrected chi connectivity index (χ0v) is 13.0. The first kappa shape index (κ1) is 15.3. The lowest BCUT2D eigenvalue weighted by atomic mass is 9.90. The molecule has 2 unspecified atom stereocenters. The molecule has 0 saturated heterocycles. The van der Waals surface area contributed by atoms with E-state index in [4.69, 9.17) is 10.5 Å². The van der Waals surface area contributed by atoms with Crippen molar-refractivity contribution in [2.75, 3.05) is 12.8 Å². The fourth-order valence-electron chi connectivity index (χ4n) is 3.20. The van der Waals surface area contributed by atoms with Crippen LogP contribution in [0.25, 0.3) is 0 Å². The predicted molar refractivity (Wildman–Crippen MR) is 84.6 cm³/mol. The van der Waals surface area contributed by atoms with Gasteiger partial charge in [0.2, 0.25) is 0 Å². The Morgan fingerprint density at radius 3 is 2.55 bits per heavy atom. The van der Waals surface area contributed by atoms with Crippen molar-refractivity contribution >= 4 is 5.69 Å². The molecule has 1 aromatic rings. The molecule has 2 N–H and O–H groups in total. The van der Waals surface area contributed by atoms with E-state index in [1.165, 1.54) is 24.8 Å². The minimum absolute atomic E-state index is 0.432. The summed E-state index contributed by atoms with van der Waals surface area (Å²) in [6, 6.07) is 9.45. The third kappa shape index (κ3) is 3.97. The standard InChI is InChI=1S/C17H28N2O/c1-13(2)19(12-14-7-9-15(18)10-8-14)16-5-4-6-17(11-16)20-3/h7-10,13,16-17H,4-6,11-12,18H2,1-3H3. The zero-order valence-electron chi connectivity index (χ0n) is 13.0. The molecule has 1 aromatic carbocycles. The maximum absolute atomic E-state index is 5.77. The van der Waals surface area contributed by atoms with Crippen molar-refractivity contribution < 1.29 is 4.74 Å². The molecule has 3 nitrogen and oxygen atoms in total. The molecule has 0 radical (unpaired) electrons. The molecular weight excluding hydrogens is 248 g/mol. The Morgan fingerprint density at radius 1 is 1.25 bits per heavy atom. The highest BCUT2D eigenvalue weighted by atomic mass is 16.5. The lowest BCUT2D eigenvalue weighted by molar-refractivity contribution is 0.0157. The van der Waals surface area contributed by atoms with Gasteiger partial charge in [0.25, 0.3) is 0 Å². The number of methoxy groups -OCH3 is 1. The maximum Gasteiger partial charge on any atom is 0.0586 e. The van der Waals surface area contributed by atoms with E-state index in [1.807, 2.05) is 19.2 Å². The topological polar surface area (TPSA) is 38.5 Å². The Kier molecular flexibility index (Phi) is 5.44. The molecule has 0 amide bonds. The van der Waals surface area contributed by atoms with Crippen molar-refractivity contribution in [1.82, 2.24) is 4.90 Å². The summed E-state index contributed by atoms with van der Waals surface area (Å²) in [6.07, 6.45) is 5.35. The highest BCUT2D eigenvalue weighted by molar-refractivity contribution is 5.39. The van der Waals surface area contributed by atoms with Crippen molar-refractivity contribution in [2.45, 2.75) is 64.3 Å². The van der Waals surface area contributed by atoms with Gasteiger partial charge >= 0.3 is 0 Å². The predicted octanol–water partition coefficient (Wildman–Crippen LogP) is 3.44. The molecule has 1 fully saturated rings. The Hall–Kier alpha value is -1.06. The molecule has 2 atom stereocenters. The summed E-state index contributed by atoms with van der Waals surface area (Å²) in [5.74, 6) is 0. The molecule has 0 heterocycles. The Bertz CT molecular complexity index is 402. The van der Waals surface area contributed by atoms with E-state index < -0.39 is 0 Å². The number of anilines is 1. The molecular formula is C17H28N2O. The maximum atomic E-state index is 5.77. The van der Waals surface area contributed by atoms with E-state index in [0.29, 0.717) is 18.2 Å². The van der Waals surface area contributed by atoms with Gasteiger partial charge in [-0.25, -0.2) is 0 Å². The monoisotopic (exact) mass is 276 g/mol. The van der Waals surface area contributed by atoms with Crippen molar-refractivity contribution in [2.24, 2.45) is 0 Å². The normalized spacial score (nSPS) is 23.4. The van der Waals surface area contributed by atoms with Gasteiger partial charge in [-0.2, -0.15) is 0 Å². The van der Waals surface area contributed by atoms with Crippen molar-refractivity contribution in [3.8, 4) is 0 Å². The molecule has 1 aliphatic rings. The van der Waals surface area contributed by atoms with E-state index in [9.17, 15) is 0 Å². The van der Waals surface area contributed by atoms with Crippen LogP contribution in [0.4, 0.5) is 5.69 Å². The van der Waals surface area contributed by atoms with Gasteiger partial charge in [0.1, 0.15) is 0 Å².